The highest BCUT2D eigenvalue weighted by atomic mass is 35.5. The van der Waals surface area contributed by atoms with E-state index in [9.17, 15) is 4.79 Å². The third-order valence-corrected chi connectivity index (χ3v) is 3.47. The minimum atomic E-state index is 0. The molecular weight excluding hydrogens is 339 g/mol. The van der Waals surface area contributed by atoms with Crippen molar-refractivity contribution in [1.29, 1.82) is 0 Å². The molecule has 2 heterocycles. The molecule has 0 unspecified atom stereocenters. The number of amides is 1. The number of rotatable bonds is 7. The van der Waals surface area contributed by atoms with E-state index < -0.39 is 0 Å². The van der Waals surface area contributed by atoms with Crippen LogP contribution in [0.3, 0.4) is 0 Å². The summed E-state index contributed by atoms with van der Waals surface area (Å²) in [6.07, 6.45) is 3.22. The minimum Gasteiger partial charge on any atom is -0.378 e. The standard InChI is InChI=1S/C15H24N4O2.2ClH/c1-16-5-2-3-15(20)18-12-13-4-6-17-14(11-13)19-7-9-21-10-8-19;;/h4,6,11,16H,2-3,5,7-10,12H2,1H3,(H,18,20);2*1H. The molecule has 0 bridgehead atoms. The zero-order valence-electron chi connectivity index (χ0n) is 13.4. The van der Waals surface area contributed by atoms with Gasteiger partial charge in [0.25, 0.3) is 0 Å². The van der Waals surface area contributed by atoms with Crippen LogP contribution in [-0.2, 0) is 16.1 Å². The van der Waals surface area contributed by atoms with E-state index >= 15 is 0 Å². The maximum absolute atomic E-state index is 11.7. The molecule has 0 radical (unpaired) electrons. The van der Waals surface area contributed by atoms with Gasteiger partial charge in [0.15, 0.2) is 0 Å². The SMILES string of the molecule is CNCCCC(=O)NCc1ccnc(N2CCOCC2)c1.Cl.Cl. The Hall–Kier alpha value is -1.08. The molecule has 23 heavy (non-hydrogen) atoms. The lowest BCUT2D eigenvalue weighted by Crippen LogP contribution is -2.36. The Kier molecular flexibility index (Phi) is 11.8. The third-order valence-electron chi connectivity index (χ3n) is 3.47. The fourth-order valence-electron chi connectivity index (χ4n) is 2.25. The summed E-state index contributed by atoms with van der Waals surface area (Å²) < 4.78 is 5.35. The van der Waals surface area contributed by atoms with Crippen LogP contribution < -0.4 is 15.5 Å². The molecule has 1 aromatic rings. The van der Waals surface area contributed by atoms with Crippen LogP contribution in [0.5, 0.6) is 0 Å². The number of anilines is 1. The molecule has 1 aromatic heterocycles. The highest BCUT2D eigenvalue weighted by Crippen LogP contribution is 2.14. The van der Waals surface area contributed by atoms with Gasteiger partial charge >= 0.3 is 0 Å². The molecule has 2 rings (SSSR count). The van der Waals surface area contributed by atoms with Gasteiger partial charge in [0.1, 0.15) is 5.82 Å². The van der Waals surface area contributed by atoms with Gasteiger partial charge < -0.3 is 20.3 Å². The van der Waals surface area contributed by atoms with Crippen molar-refractivity contribution < 1.29 is 9.53 Å². The minimum absolute atomic E-state index is 0. The summed E-state index contributed by atoms with van der Waals surface area (Å²) in [5, 5.41) is 5.99. The number of hydrogen-bond acceptors (Lipinski definition) is 5. The van der Waals surface area contributed by atoms with Crippen molar-refractivity contribution in [2.24, 2.45) is 0 Å². The Morgan fingerprint density at radius 3 is 2.78 bits per heavy atom. The molecule has 0 spiro atoms. The van der Waals surface area contributed by atoms with Gasteiger partial charge in [-0.25, -0.2) is 4.98 Å². The number of halogens is 2. The van der Waals surface area contributed by atoms with Gasteiger partial charge in [0.05, 0.1) is 13.2 Å². The molecule has 0 saturated carbocycles. The van der Waals surface area contributed by atoms with Crippen LogP contribution in [0.25, 0.3) is 0 Å². The Balaban J connectivity index is 0.00000242. The first-order valence-electron chi connectivity index (χ1n) is 7.48. The lowest BCUT2D eigenvalue weighted by atomic mass is 10.2. The number of hydrogen-bond donors (Lipinski definition) is 2. The molecule has 1 aliphatic rings. The fraction of sp³-hybridized carbons (Fsp3) is 0.600. The Morgan fingerprint density at radius 1 is 1.35 bits per heavy atom. The van der Waals surface area contributed by atoms with E-state index in [1.165, 1.54) is 0 Å². The molecule has 8 heteroatoms. The van der Waals surface area contributed by atoms with Crippen LogP contribution in [-0.4, -0.2) is 50.8 Å². The molecule has 0 aliphatic carbocycles. The maximum atomic E-state index is 11.7. The van der Waals surface area contributed by atoms with E-state index in [1.54, 1.807) is 6.20 Å². The van der Waals surface area contributed by atoms with E-state index in [2.05, 4.69) is 20.5 Å². The number of carbonyl (C=O) groups excluding carboxylic acids is 1. The Bertz CT molecular complexity index is 457. The van der Waals surface area contributed by atoms with Crippen LogP contribution in [0.4, 0.5) is 5.82 Å². The zero-order chi connectivity index (χ0) is 14.9. The van der Waals surface area contributed by atoms with E-state index in [1.807, 2.05) is 19.2 Å². The molecule has 1 amide bonds. The van der Waals surface area contributed by atoms with Gasteiger partial charge in [-0.2, -0.15) is 0 Å². The highest BCUT2D eigenvalue weighted by Gasteiger charge is 2.12. The topological polar surface area (TPSA) is 66.5 Å². The van der Waals surface area contributed by atoms with Crippen LogP contribution in [0.1, 0.15) is 18.4 Å². The summed E-state index contributed by atoms with van der Waals surface area (Å²) in [7, 11) is 1.89. The first kappa shape index (κ1) is 21.9. The van der Waals surface area contributed by atoms with Crippen molar-refractivity contribution in [3.63, 3.8) is 0 Å². The second-order valence-electron chi connectivity index (χ2n) is 5.11. The van der Waals surface area contributed by atoms with E-state index in [4.69, 9.17) is 4.74 Å². The quantitative estimate of drug-likeness (QED) is 0.715. The van der Waals surface area contributed by atoms with Gasteiger partial charge in [0, 0.05) is 32.3 Å². The number of pyridine rings is 1. The smallest absolute Gasteiger partial charge is 0.220 e. The maximum Gasteiger partial charge on any atom is 0.220 e. The molecule has 1 saturated heterocycles. The molecule has 1 fully saturated rings. The largest absolute Gasteiger partial charge is 0.378 e. The van der Waals surface area contributed by atoms with Crippen molar-refractivity contribution in [2.75, 3.05) is 44.8 Å². The number of nitrogens with one attached hydrogen (secondary N) is 2. The van der Waals surface area contributed by atoms with Gasteiger partial charge in [0.2, 0.25) is 5.91 Å². The predicted octanol–water partition coefficient (Wildman–Crippen LogP) is 1.38. The van der Waals surface area contributed by atoms with Crippen LogP contribution in [0.15, 0.2) is 18.3 Å². The summed E-state index contributed by atoms with van der Waals surface area (Å²) in [6.45, 7) is 4.64. The normalized spacial score (nSPS) is 13.7. The molecular formula is C15H26Cl2N4O2. The first-order chi connectivity index (χ1) is 10.3. The lowest BCUT2D eigenvalue weighted by Gasteiger charge is -2.28. The number of nitrogens with zero attached hydrogens (tertiary/aromatic N) is 2. The van der Waals surface area contributed by atoms with Gasteiger partial charge in [-0.15, -0.1) is 24.8 Å². The molecule has 132 valence electrons. The van der Waals surface area contributed by atoms with Crippen LogP contribution >= 0.6 is 24.8 Å². The van der Waals surface area contributed by atoms with E-state index in [-0.39, 0.29) is 30.7 Å². The lowest BCUT2D eigenvalue weighted by molar-refractivity contribution is -0.121. The van der Waals surface area contributed by atoms with E-state index in [0.717, 1.165) is 50.7 Å². The van der Waals surface area contributed by atoms with Crippen molar-refractivity contribution in [3.8, 4) is 0 Å². The van der Waals surface area contributed by atoms with E-state index in [0.29, 0.717) is 13.0 Å². The van der Waals surface area contributed by atoms with Gasteiger partial charge in [-0.3, -0.25) is 4.79 Å². The molecule has 0 aromatic carbocycles. The molecule has 0 atom stereocenters. The van der Waals surface area contributed by atoms with Gasteiger partial charge in [-0.1, -0.05) is 0 Å². The second kappa shape index (κ2) is 12.4. The van der Waals surface area contributed by atoms with Crippen molar-refractivity contribution >= 4 is 36.5 Å². The number of ether oxygens (including phenoxy) is 1. The highest BCUT2D eigenvalue weighted by molar-refractivity contribution is 5.85. The summed E-state index contributed by atoms with van der Waals surface area (Å²) in [5.74, 6) is 1.05. The van der Waals surface area contributed by atoms with Crippen molar-refractivity contribution in [3.05, 3.63) is 23.9 Å². The predicted molar refractivity (Wildman–Crippen MR) is 96.8 cm³/mol. The fourth-order valence-corrected chi connectivity index (χ4v) is 2.25. The summed E-state index contributed by atoms with van der Waals surface area (Å²) in [4.78, 5) is 18.3. The number of carbonyl (C=O) groups is 1. The average Bonchev–Trinajstić information content (AvgIpc) is 2.54. The molecule has 1 aliphatic heterocycles. The van der Waals surface area contributed by atoms with Crippen molar-refractivity contribution in [2.45, 2.75) is 19.4 Å². The summed E-state index contributed by atoms with van der Waals surface area (Å²) in [6, 6.07) is 3.98. The molecule has 6 nitrogen and oxygen atoms in total. The monoisotopic (exact) mass is 364 g/mol. The number of aromatic nitrogens is 1. The number of morpholine rings is 1. The Morgan fingerprint density at radius 2 is 2.09 bits per heavy atom. The van der Waals surface area contributed by atoms with Crippen molar-refractivity contribution in [1.82, 2.24) is 15.6 Å². The summed E-state index contributed by atoms with van der Waals surface area (Å²) >= 11 is 0. The third kappa shape index (κ3) is 7.83. The average molecular weight is 365 g/mol. The first-order valence-corrected chi connectivity index (χ1v) is 7.48. The summed E-state index contributed by atoms with van der Waals surface area (Å²) in [5.41, 5.74) is 1.08. The van der Waals surface area contributed by atoms with Crippen LogP contribution in [0, 0.1) is 0 Å². The Labute approximate surface area is 150 Å². The molecule has 2 N–H and O–H groups in total. The second-order valence-corrected chi connectivity index (χ2v) is 5.11. The van der Waals surface area contributed by atoms with Gasteiger partial charge in [-0.05, 0) is 37.7 Å². The van der Waals surface area contributed by atoms with Crippen LogP contribution in [0.2, 0.25) is 0 Å². The zero-order valence-corrected chi connectivity index (χ0v) is 15.0.